The van der Waals surface area contributed by atoms with Gasteiger partial charge in [0.15, 0.2) is 0 Å². The minimum atomic E-state index is -0.548. The van der Waals surface area contributed by atoms with Crippen LogP contribution in [0.2, 0.25) is 0 Å². The number of carbonyl (C=O) groups excluding carboxylic acids is 2. The maximum atomic E-state index is 13.1. The van der Waals surface area contributed by atoms with Gasteiger partial charge >= 0.3 is 0 Å². The third-order valence-corrected chi connectivity index (χ3v) is 4.83. The number of nitrogens with one attached hydrogen (secondary N) is 1. The SMILES string of the molecule is Cc1cccc(CC(=O)N(Cc2ccc(Br)cc2)[C@H](C)C(=O)NC(C)C)c1. The van der Waals surface area contributed by atoms with E-state index in [2.05, 4.69) is 21.2 Å². The summed E-state index contributed by atoms with van der Waals surface area (Å²) in [7, 11) is 0. The Hall–Kier alpha value is -2.14. The van der Waals surface area contributed by atoms with Crippen molar-refractivity contribution < 1.29 is 9.59 Å². The highest BCUT2D eigenvalue weighted by Crippen LogP contribution is 2.16. The Labute approximate surface area is 170 Å². The van der Waals surface area contributed by atoms with Crippen molar-refractivity contribution in [2.45, 2.75) is 52.7 Å². The standard InChI is InChI=1S/C22H27BrN2O2/c1-15(2)24-22(27)17(4)25(14-18-8-10-20(23)11-9-18)21(26)13-19-7-5-6-16(3)12-19/h5-12,15,17H,13-14H2,1-4H3,(H,24,27)/t17-/m1/s1. The molecule has 0 bridgehead atoms. The maximum Gasteiger partial charge on any atom is 0.242 e. The molecule has 2 aromatic rings. The van der Waals surface area contributed by atoms with Crippen molar-refractivity contribution in [2.24, 2.45) is 0 Å². The lowest BCUT2D eigenvalue weighted by Gasteiger charge is -2.29. The predicted octanol–water partition coefficient (Wildman–Crippen LogP) is 4.24. The normalized spacial score (nSPS) is 11.9. The summed E-state index contributed by atoms with van der Waals surface area (Å²) in [5, 5.41) is 2.91. The Bertz CT molecular complexity index is 787. The highest BCUT2D eigenvalue weighted by molar-refractivity contribution is 9.10. The van der Waals surface area contributed by atoms with Gasteiger partial charge in [0, 0.05) is 17.1 Å². The number of amides is 2. The summed E-state index contributed by atoms with van der Waals surface area (Å²) < 4.78 is 0.981. The smallest absolute Gasteiger partial charge is 0.242 e. The number of nitrogens with zero attached hydrogens (tertiary/aromatic N) is 1. The van der Waals surface area contributed by atoms with Crippen LogP contribution >= 0.6 is 15.9 Å². The zero-order valence-corrected chi connectivity index (χ0v) is 17.9. The second kappa shape index (κ2) is 9.70. The van der Waals surface area contributed by atoms with Gasteiger partial charge in [0.1, 0.15) is 6.04 Å². The van der Waals surface area contributed by atoms with Crippen LogP contribution in [0.5, 0.6) is 0 Å². The van der Waals surface area contributed by atoms with E-state index >= 15 is 0 Å². The summed E-state index contributed by atoms with van der Waals surface area (Å²) >= 11 is 3.43. The molecule has 0 aliphatic heterocycles. The summed E-state index contributed by atoms with van der Waals surface area (Å²) in [4.78, 5) is 27.3. The largest absolute Gasteiger partial charge is 0.352 e. The van der Waals surface area contributed by atoms with Crippen molar-refractivity contribution in [3.05, 3.63) is 69.7 Å². The van der Waals surface area contributed by atoms with E-state index < -0.39 is 6.04 Å². The van der Waals surface area contributed by atoms with Crippen LogP contribution in [0.15, 0.2) is 53.0 Å². The molecule has 144 valence electrons. The summed E-state index contributed by atoms with van der Waals surface area (Å²) in [6, 6.07) is 15.2. The molecule has 0 aliphatic rings. The van der Waals surface area contributed by atoms with Crippen molar-refractivity contribution in [3.8, 4) is 0 Å². The van der Waals surface area contributed by atoms with E-state index in [-0.39, 0.29) is 24.3 Å². The lowest BCUT2D eigenvalue weighted by molar-refractivity contribution is -0.140. The van der Waals surface area contributed by atoms with Gasteiger partial charge in [0.2, 0.25) is 11.8 Å². The Kier molecular flexibility index (Phi) is 7.60. The van der Waals surface area contributed by atoms with E-state index in [0.717, 1.165) is 21.2 Å². The third kappa shape index (κ3) is 6.51. The van der Waals surface area contributed by atoms with Crippen molar-refractivity contribution in [1.82, 2.24) is 10.2 Å². The van der Waals surface area contributed by atoms with Crippen LogP contribution in [0.4, 0.5) is 0 Å². The molecular weight excluding hydrogens is 404 g/mol. The lowest BCUT2D eigenvalue weighted by atomic mass is 10.1. The minimum Gasteiger partial charge on any atom is -0.352 e. The molecule has 0 unspecified atom stereocenters. The second-order valence-corrected chi connectivity index (χ2v) is 8.07. The van der Waals surface area contributed by atoms with Gasteiger partial charge in [-0.15, -0.1) is 0 Å². The fourth-order valence-electron chi connectivity index (χ4n) is 2.87. The zero-order chi connectivity index (χ0) is 20.0. The molecule has 2 aromatic carbocycles. The summed E-state index contributed by atoms with van der Waals surface area (Å²) in [5.74, 6) is -0.199. The van der Waals surface area contributed by atoms with Gasteiger partial charge in [-0.05, 0) is 51.0 Å². The van der Waals surface area contributed by atoms with Crippen molar-refractivity contribution in [2.75, 3.05) is 0 Å². The molecule has 27 heavy (non-hydrogen) atoms. The molecule has 2 rings (SSSR count). The first-order valence-electron chi connectivity index (χ1n) is 9.16. The van der Waals surface area contributed by atoms with Gasteiger partial charge in [-0.1, -0.05) is 57.9 Å². The summed E-state index contributed by atoms with van der Waals surface area (Å²) in [6.45, 7) is 8.01. The molecule has 0 saturated carbocycles. The number of aryl methyl sites for hydroxylation is 1. The Morgan fingerprint density at radius 3 is 2.30 bits per heavy atom. The van der Waals surface area contributed by atoms with E-state index in [1.165, 1.54) is 0 Å². The summed E-state index contributed by atoms with van der Waals surface area (Å²) in [6.07, 6.45) is 0.275. The van der Waals surface area contributed by atoms with E-state index in [4.69, 9.17) is 0 Å². The van der Waals surface area contributed by atoms with E-state index in [1.807, 2.05) is 69.3 Å². The lowest BCUT2D eigenvalue weighted by Crippen LogP contribution is -2.49. The van der Waals surface area contributed by atoms with Crippen LogP contribution in [-0.4, -0.2) is 28.8 Å². The first-order valence-corrected chi connectivity index (χ1v) is 9.95. The van der Waals surface area contributed by atoms with E-state index in [0.29, 0.717) is 6.54 Å². The van der Waals surface area contributed by atoms with Gasteiger partial charge in [-0.25, -0.2) is 0 Å². The number of rotatable bonds is 7. The first-order chi connectivity index (χ1) is 12.8. The van der Waals surface area contributed by atoms with E-state index in [1.54, 1.807) is 11.8 Å². The number of hydrogen-bond donors (Lipinski definition) is 1. The van der Waals surface area contributed by atoms with Crippen molar-refractivity contribution >= 4 is 27.7 Å². The number of carbonyl (C=O) groups is 2. The van der Waals surface area contributed by atoms with Gasteiger partial charge < -0.3 is 10.2 Å². The predicted molar refractivity (Wildman–Crippen MR) is 112 cm³/mol. The van der Waals surface area contributed by atoms with Gasteiger partial charge in [0.25, 0.3) is 0 Å². The Morgan fingerprint density at radius 1 is 1.04 bits per heavy atom. The van der Waals surface area contributed by atoms with Crippen molar-refractivity contribution in [3.63, 3.8) is 0 Å². The highest BCUT2D eigenvalue weighted by atomic mass is 79.9. The topological polar surface area (TPSA) is 49.4 Å². The maximum absolute atomic E-state index is 13.1. The molecular formula is C22H27BrN2O2. The van der Waals surface area contributed by atoms with Crippen LogP contribution in [0, 0.1) is 6.92 Å². The van der Waals surface area contributed by atoms with Gasteiger partial charge in [-0.2, -0.15) is 0 Å². The van der Waals surface area contributed by atoms with Gasteiger partial charge in [-0.3, -0.25) is 9.59 Å². The average Bonchev–Trinajstić information content (AvgIpc) is 2.60. The molecule has 5 heteroatoms. The molecule has 0 saturated heterocycles. The quantitative estimate of drug-likeness (QED) is 0.713. The van der Waals surface area contributed by atoms with Crippen LogP contribution in [0.1, 0.15) is 37.5 Å². The summed E-state index contributed by atoms with van der Waals surface area (Å²) in [5.41, 5.74) is 3.06. The third-order valence-electron chi connectivity index (χ3n) is 4.30. The monoisotopic (exact) mass is 430 g/mol. The van der Waals surface area contributed by atoms with Crippen LogP contribution in [0.3, 0.4) is 0 Å². The Balaban J connectivity index is 2.22. The first kappa shape index (κ1) is 21.2. The minimum absolute atomic E-state index is 0.0290. The molecule has 0 aromatic heterocycles. The van der Waals surface area contributed by atoms with Crippen LogP contribution < -0.4 is 5.32 Å². The molecule has 4 nitrogen and oxygen atoms in total. The average molecular weight is 431 g/mol. The van der Waals surface area contributed by atoms with Crippen LogP contribution in [-0.2, 0) is 22.6 Å². The molecule has 1 N–H and O–H groups in total. The molecule has 2 amide bonds. The number of benzene rings is 2. The fourth-order valence-corrected chi connectivity index (χ4v) is 3.14. The zero-order valence-electron chi connectivity index (χ0n) is 16.3. The second-order valence-electron chi connectivity index (χ2n) is 7.15. The molecule has 0 aliphatic carbocycles. The molecule has 0 spiro atoms. The van der Waals surface area contributed by atoms with E-state index in [9.17, 15) is 9.59 Å². The van der Waals surface area contributed by atoms with Crippen LogP contribution in [0.25, 0.3) is 0 Å². The van der Waals surface area contributed by atoms with Crippen molar-refractivity contribution in [1.29, 1.82) is 0 Å². The highest BCUT2D eigenvalue weighted by Gasteiger charge is 2.26. The molecule has 1 atom stereocenters. The number of halogens is 1. The number of hydrogen-bond acceptors (Lipinski definition) is 2. The Morgan fingerprint density at radius 2 is 1.70 bits per heavy atom. The molecule has 0 heterocycles. The van der Waals surface area contributed by atoms with Gasteiger partial charge in [0.05, 0.1) is 6.42 Å². The molecule has 0 fully saturated rings. The fraction of sp³-hybridized carbons (Fsp3) is 0.364. The molecule has 0 radical (unpaired) electrons.